The molecule has 11 aromatic rings. The molecule has 0 radical (unpaired) electrons. The van der Waals surface area contributed by atoms with Gasteiger partial charge in [0.1, 0.15) is 11.2 Å². The first kappa shape index (κ1) is 31.6. The van der Waals surface area contributed by atoms with Crippen LogP contribution in [-0.4, -0.2) is 0 Å². The number of benzene rings is 9. The Bertz CT molecular complexity index is 3180. The Morgan fingerprint density at radius 1 is 0.327 bits per heavy atom. The monoisotopic (exact) mass is 719 g/mol. The first-order chi connectivity index (χ1) is 27.2. The maximum Gasteiger partial charge on any atom is 0.136 e. The smallest absolute Gasteiger partial charge is 0.136 e. The van der Waals surface area contributed by atoms with Gasteiger partial charge >= 0.3 is 0 Å². The maximum atomic E-state index is 6.47. The number of anilines is 3. The number of fused-ring (bicyclic) bond motifs is 8. The SMILES string of the molecule is c1ccc(-c2ccc(N(c3ccc(-c4ccc5c(-c6ccccc6)cc6oc7ccccc7c6c5c4)cc3)c3ccc4c(c3)sc3ccccc34)cc2)cc1. The maximum absolute atomic E-state index is 6.47. The van der Waals surface area contributed by atoms with Crippen molar-refractivity contribution in [3.63, 3.8) is 0 Å². The Morgan fingerprint density at radius 3 is 1.62 bits per heavy atom. The molecule has 0 saturated carbocycles. The highest BCUT2D eigenvalue weighted by atomic mass is 32.1. The molecule has 0 atom stereocenters. The number of hydrogen-bond donors (Lipinski definition) is 0. The van der Waals surface area contributed by atoms with E-state index < -0.39 is 0 Å². The van der Waals surface area contributed by atoms with Crippen molar-refractivity contribution >= 4 is 81.3 Å². The molecular formula is C52H33NOS. The van der Waals surface area contributed by atoms with Crippen LogP contribution in [0, 0.1) is 0 Å². The van der Waals surface area contributed by atoms with Gasteiger partial charge in [0.2, 0.25) is 0 Å². The van der Waals surface area contributed by atoms with Gasteiger partial charge in [-0.3, -0.25) is 0 Å². The van der Waals surface area contributed by atoms with Gasteiger partial charge in [-0.1, -0.05) is 140 Å². The molecule has 0 spiro atoms. The minimum absolute atomic E-state index is 0.907. The van der Waals surface area contributed by atoms with E-state index in [1.54, 1.807) is 0 Å². The molecule has 2 nitrogen and oxygen atoms in total. The van der Waals surface area contributed by atoms with Crippen LogP contribution in [0.15, 0.2) is 205 Å². The van der Waals surface area contributed by atoms with E-state index >= 15 is 0 Å². The second-order valence-corrected chi connectivity index (χ2v) is 15.2. The highest BCUT2D eigenvalue weighted by Crippen LogP contribution is 2.44. The van der Waals surface area contributed by atoms with Crippen LogP contribution in [0.4, 0.5) is 17.1 Å². The first-order valence-corrected chi connectivity index (χ1v) is 19.5. The van der Waals surface area contributed by atoms with Gasteiger partial charge in [0.05, 0.1) is 0 Å². The predicted molar refractivity (Wildman–Crippen MR) is 235 cm³/mol. The molecule has 2 heterocycles. The molecular weight excluding hydrogens is 687 g/mol. The van der Waals surface area contributed by atoms with Crippen LogP contribution in [-0.2, 0) is 0 Å². The first-order valence-electron chi connectivity index (χ1n) is 18.7. The molecule has 0 unspecified atom stereocenters. The predicted octanol–water partition coefficient (Wildman–Crippen LogP) is 15.6. The zero-order chi connectivity index (χ0) is 36.3. The molecule has 2 aromatic heterocycles. The van der Waals surface area contributed by atoms with E-state index in [9.17, 15) is 0 Å². The molecule has 0 saturated heterocycles. The van der Waals surface area contributed by atoms with Crippen molar-refractivity contribution in [2.75, 3.05) is 4.90 Å². The van der Waals surface area contributed by atoms with Gasteiger partial charge in [-0.25, -0.2) is 0 Å². The lowest BCUT2D eigenvalue weighted by molar-refractivity contribution is 0.669. The van der Waals surface area contributed by atoms with Crippen LogP contribution >= 0.6 is 11.3 Å². The summed E-state index contributed by atoms with van der Waals surface area (Å²) in [6.45, 7) is 0. The Morgan fingerprint density at radius 2 is 0.873 bits per heavy atom. The number of hydrogen-bond acceptors (Lipinski definition) is 3. The fourth-order valence-corrected chi connectivity index (χ4v) is 9.35. The number of nitrogens with zero attached hydrogens (tertiary/aromatic N) is 1. The highest BCUT2D eigenvalue weighted by molar-refractivity contribution is 7.25. The average Bonchev–Trinajstić information content (AvgIpc) is 3.83. The minimum atomic E-state index is 0.907. The van der Waals surface area contributed by atoms with E-state index in [0.717, 1.165) is 44.6 Å². The summed E-state index contributed by atoms with van der Waals surface area (Å²) < 4.78 is 9.06. The van der Waals surface area contributed by atoms with Gasteiger partial charge in [0, 0.05) is 48.0 Å². The summed E-state index contributed by atoms with van der Waals surface area (Å²) in [7, 11) is 0. The van der Waals surface area contributed by atoms with Crippen molar-refractivity contribution in [2.45, 2.75) is 0 Å². The number of rotatable bonds is 6. The summed E-state index contributed by atoms with van der Waals surface area (Å²) >= 11 is 1.85. The number of para-hydroxylation sites is 1. The normalized spacial score (nSPS) is 11.6. The molecule has 11 rings (SSSR count). The summed E-state index contributed by atoms with van der Waals surface area (Å²) in [6.07, 6.45) is 0. The second kappa shape index (κ2) is 12.9. The second-order valence-electron chi connectivity index (χ2n) is 14.1. The fourth-order valence-electron chi connectivity index (χ4n) is 8.21. The van der Waals surface area contributed by atoms with Crippen LogP contribution in [0.3, 0.4) is 0 Å². The van der Waals surface area contributed by atoms with Gasteiger partial charge in [0.15, 0.2) is 0 Å². The van der Waals surface area contributed by atoms with Crippen molar-refractivity contribution < 1.29 is 4.42 Å². The minimum Gasteiger partial charge on any atom is -0.456 e. The van der Waals surface area contributed by atoms with Crippen LogP contribution < -0.4 is 4.90 Å². The van der Waals surface area contributed by atoms with Gasteiger partial charge in [-0.05, 0) is 105 Å². The van der Waals surface area contributed by atoms with E-state index in [0.29, 0.717) is 0 Å². The van der Waals surface area contributed by atoms with Gasteiger partial charge in [-0.15, -0.1) is 11.3 Å². The molecule has 0 amide bonds. The molecule has 3 heteroatoms. The topological polar surface area (TPSA) is 16.4 Å². The summed E-state index contributed by atoms with van der Waals surface area (Å²) in [6, 6.07) is 72.1. The van der Waals surface area contributed by atoms with Crippen LogP contribution in [0.1, 0.15) is 0 Å². The van der Waals surface area contributed by atoms with Crippen molar-refractivity contribution in [3.8, 4) is 33.4 Å². The van der Waals surface area contributed by atoms with Gasteiger partial charge < -0.3 is 9.32 Å². The van der Waals surface area contributed by atoms with Crippen molar-refractivity contribution in [2.24, 2.45) is 0 Å². The number of thiophene rings is 1. The average molecular weight is 720 g/mol. The zero-order valence-electron chi connectivity index (χ0n) is 29.8. The van der Waals surface area contributed by atoms with E-state index in [1.807, 2.05) is 17.4 Å². The third-order valence-electron chi connectivity index (χ3n) is 10.9. The van der Waals surface area contributed by atoms with Crippen molar-refractivity contribution in [1.29, 1.82) is 0 Å². The summed E-state index contributed by atoms with van der Waals surface area (Å²) in [5.41, 5.74) is 12.3. The lowest BCUT2D eigenvalue weighted by Crippen LogP contribution is -2.09. The molecule has 0 N–H and O–H groups in total. The number of furan rings is 1. The van der Waals surface area contributed by atoms with Crippen molar-refractivity contribution in [1.82, 2.24) is 0 Å². The standard InChI is InChI=1S/C52H33NOS/c1-3-11-34(12-4-1)35-19-24-39(25-20-35)53(41-28-30-44-43-15-8-10-18-50(43)55-51(44)32-41)40-26-21-36(22-27-40)38-23-29-42-46(37-13-5-2-6-14-37)33-49-52(47(42)31-38)45-16-7-9-17-48(45)54-49/h1-33H. The Hall–Kier alpha value is -6.94. The molecule has 258 valence electrons. The van der Waals surface area contributed by atoms with Crippen LogP contribution in [0.2, 0.25) is 0 Å². The van der Waals surface area contributed by atoms with Crippen LogP contribution in [0.25, 0.3) is 86.3 Å². The van der Waals surface area contributed by atoms with Gasteiger partial charge in [0.25, 0.3) is 0 Å². The lowest BCUT2D eigenvalue weighted by atomic mass is 9.92. The largest absolute Gasteiger partial charge is 0.456 e. The van der Waals surface area contributed by atoms with Gasteiger partial charge in [-0.2, -0.15) is 0 Å². The Labute approximate surface area is 322 Å². The summed E-state index contributed by atoms with van der Waals surface area (Å²) in [4.78, 5) is 2.37. The molecule has 0 bridgehead atoms. The molecule has 9 aromatic carbocycles. The third-order valence-corrected chi connectivity index (χ3v) is 12.0. The molecule has 0 aliphatic rings. The molecule has 0 aliphatic carbocycles. The van der Waals surface area contributed by atoms with E-state index in [1.165, 1.54) is 58.8 Å². The molecule has 0 aliphatic heterocycles. The van der Waals surface area contributed by atoms with E-state index in [2.05, 4.69) is 199 Å². The van der Waals surface area contributed by atoms with E-state index in [-0.39, 0.29) is 0 Å². The third kappa shape index (κ3) is 5.40. The van der Waals surface area contributed by atoms with E-state index in [4.69, 9.17) is 4.42 Å². The fraction of sp³-hybridized carbons (Fsp3) is 0. The van der Waals surface area contributed by atoms with Crippen LogP contribution in [0.5, 0.6) is 0 Å². The quantitative estimate of drug-likeness (QED) is 0.170. The Balaban J connectivity index is 1.04. The summed E-state index contributed by atoms with van der Waals surface area (Å²) in [5.74, 6) is 0. The molecule has 55 heavy (non-hydrogen) atoms. The highest BCUT2D eigenvalue weighted by Gasteiger charge is 2.18. The zero-order valence-corrected chi connectivity index (χ0v) is 30.6. The summed E-state index contributed by atoms with van der Waals surface area (Å²) in [5, 5.41) is 7.31. The lowest BCUT2D eigenvalue weighted by Gasteiger charge is -2.26. The Kier molecular flexibility index (Phi) is 7.39. The molecule has 0 fully saturated rings. The van der Waals surface area contributed by atoms with Crippen molar-refractivity contribution in [3.05, 3.63) is 200 Å².